The molecule has 1 aliphatic heterocycles. The molecule has 0 unspecified atom stereocenters. The van der Waals surface area contributed by atoms with Crippen molar-refractivity contribution in [3.05, 3.63) is 47.3 Å². The molecule has 0 radical (unpaired) electrons. The summed E-state index contributed by atoms with van der Waals surface area (Å²) in [6.07, 6.45) is 4.42. The van der Waals surface area contributed by atoms with Crippen LogP contribution in [0.1, 0.15) is 60.8 Å². The Hall–Kier alpha value is -2.96. The monoisotopic (exact) mass is 393 g/mol. The van der Waals surface area contributed by atoms with Crippen molar-refractivity contribution in [3.8, 4) is 0 Å². The van der Waals surface area contributed by atoms with Crippen molar-refractivity contribution in [2.75, 3.05) is 10.2 Å². The zero-order valence-corrected chi connectivity index (χ0v) is 17.1. The van der Waals surface area contributed by atoms with E-state index >= 15 is 0 Å². The van der Waals surface area contributed by atoms with E-state index in [1.807, 2.05) is 30.9 Å². The predicted molar refractivity (Wildman–Crippen MR) is 112 cm³/mol. The number of carbonyl (C=O) groups excluding carboxylic acids is 2. The van der Waals surface area contributed by atoms with Crippen LogP contribution in [0.4, 0.5) is 11.6 Å². The predicted octanol–water partition coefficient (Wildman–Crippen LogP) is 3.21. The molecule has 2 aromatic rings. The summed E-state index contributed by atoms with van der Waals surface area (Å²) in [5.74, 6) is 0.780. The number of benzene rings is 1. The first kappa shape index (κ1) is 19.4. The lowest BCUT2D eigenvalue weighted by Gasteiger charge is -2.46. The molecule has 1 aliphatic carbocycles. The number of rotatable bonds is 5. The highest BCUT2D eigenvalue weighted by molar-refractivity contribution is 5.98. The molecule has 152 valence electrons. The van der Waals surface area contributed by atoms with Crippen LogP contribution >= 0.6 is 0 Å². The maximum atomic E-state index is 12.9. The van der Waals surface area contributed by atoms with Gasteiger partial charge < -0.3 is 16.0 Å². The highest BCUT2D eigenvalue weighted by atomic mass is 16.2. The molecule has 2 heterocycles. The molecule has 1 aromatic carbocycles. The Morgan fingerprint density at radius 3 is 2.66 bits per heavy atom. The van der Waals surface area contributed by atoms with Crippen molar-refractivity contribution >= 4 is 23.5 Å². The number of hydrogen-bond donors (Lipinski definition) is 2. The lowest BCUT2D eigenvalue weighted by Crippen LogP contribution is -2.52. The van der Waals surface area contributed by atoms with Crippen molar-refractivity contribution in [1.29, 1.82) is 0 Å². The Labute approximate surface area is 170 Å². The Bertz CT molecular complexity index is 956. The van der Waals surface area contributed by atoms with Crippen molar-refractivity contribution in [2.24, 2.45) is 17.6 Å². The molecule has 1 fully saturated rings. The number of aromatic nitrogens is 2. The molecule has 7 nitrogen and oxygen atoms in total. The number of carbonyl (C=O) groups is 2. The van der Waals surface area contributed by atoms with Crippen LogP contribution in [-0.4, -0.2) is 27.8 Å². The molecule has 0 saturated heterocycles. The molecule has 2 amide bonds. The van der Waals surface area contributed by atoms with Gasteiger partial charge in [-0.2, -0.15) is 0 Å². The molecular formula is C22H27N5O2. The summed E-state index contributed by atoms with van der Waals surface area (Å²) in [5, 5.41) is 3.47. The molecule has 1 aromatic heterocycles. The molecule has 7 heteroatoms. The average molecular weight is 393 g/mol. The lowest BCUT2D eigenvalue weighted by molar-refractivity contribution is -0.119. The van der Waals surface area contributed by atoms with E-state index in [-0.39, 0.29) is 23.9 Å². The second kappa shape index (κ2) is 7.46. The second-order valence-corrected chi connectivity index (χ2v) is 8.09. The molecule has 2 aliphatic rings. The van der Waals surface area contributed by atoms with Gasteiger partial charge in [-0.15, -0.1) is 0 Å². The minimum Gasteiger partial charge on any atom is -0.366 e. The largest absolute Gasteiger partial charge is 0.366 e. The van der Waals surface area contributed by atoms with E-state index in [2.05, 4.69) is 22.2 Å². The van der Waals surface area contributed by atoms with Crippen LogP contribution in [0.3, 0.4) is 0 Å². The topological polar surface area (TPSA) is 101 Å². The van der Waals surface area contributed by atoms with Crippen LogP contribution < -0.4 is 16.0 Å². The fraction of sp³-hybridized carbons (Fsp3) is 0.455. The van der Waals surface area contributed by atoms with Gasteiger partial charge in [0.2, 0.25) is 17.8 Å². The highest BCUT2D eigenvalue weighted by Gasteiger charge is 2.48. The van der Waals surface area contributed by atoms with Crippen LogP contribution in [-0.2, 0) is 4.79 Å². The Balaban J connectivity index is 1.84. The van der Waals surface area contributed by atoms with Gasteiger partial charge in [0.25, 0.3) is 0 Å². The second-order valence-electron chi connectivity index (χ2n) is 8.09. The van der Waals surface area contributed by atoms with E-state index in [0.717, 1.165) is 29.8 Å². The van der Waals surface area contributed by atoms with Gasteiger partial charge in [-0.25, -0.2) is 9.97 Å². The molecule has 1 saturated carbocycles. The standard InChI is InChI=1S/C22H27N5O2/c1-4-18(28)27-17-8-7-15(21(23)29)11-16(17)19(13(3)20(27)14-5-6-14)26-22-24-10-9-12(2)25-22/h7-11,13-14,19-20H,4-6H2,1-3H3,(H2,23,29)(H,24,25,26)/t13-,19-,20-/m1/s1. The number of amides is 2. The van der Waals surface area contributed by atoms with Crippen molar-refractivity contribution in [1.82, 2.24) is 9.97 Å². The maximum Gasteiger partial charge on any atom is 0.248 e. The smallest absolute Gasteiger partial charge is 0.248 e. The molecule has 4 rings (SSSR count). The van der Waals surface area contributed by atoms with E-state index < -0.39 is 5.91 Å². The zero-order chi connectivity index (χ0) is 20.7. The van der Waals surface area contributed by atoms with Gasteiger partial charge in [0.05, 0.1) is 6.04 Å². The summed E-state index contributed by atoms with van der Waals surface area (Å²) in [6, 6.07) is 7.20. The highest BCUT2D eigenvalue weighted by Crippen LogP contribution is 2.50. The number of anilines is 2. The van der Waals surface area contributed by atoms with Gasteiger partial charge in [0, 0.05) is 41.5 Å². The Morgan fingerprint density at radius 2 is 2.03 bits per heavy atom. The summed E-state index contributed by atoms with van der Waals surface area (Å²) >= 11 is 0. The SMILES string of the molecule is CCC(=O)N1c2ccc(C(N)=O)cc2[C@H](Nc2nccc(C)n2)[C@@H](C)[C@@H]1C1CC1. The summed E-state index contributed by atoms with van der Waals surface area (Å²) in [7, 11) is 0. The maximum absolute atomic E-state index is 12.9. The number of aryl methyl sites for hydroxylation is 1. The first-order valence-corrected chi connectivity index (χ1v) is 10.2. The summed E-state index contributed by atoms with van der Waals surface area (Å²) < 4.78 is 0. The van der Waals surface area contributed by atoms with Gasteiger partial charge in [-0.3, -0.25) is 9.59 Å². The summed E-state index contributed by atoms with van der Waals surface area (Å²) in [5.41, 5.74) is 8.58. The molecule has 29 heavy (non-hydrogen) atoms. The molecule has 0 bridgehead atoms. The van der Waals surface area contributed by atoms with Gasteiger partial charge in [-0.05, 0) is 55.5 Å². The number of hydrogen-bond acceptors (Lipinski definition) is 5. The van der Waals surface area contributed by atoms with E-state index in [4.69, 9.17) is 5.73 Å². The van der Waals surface area contributed by atoms with Crippen molar-refractivity contribution < 1.29 is 9.59 Å². The number of primary amides is 1. The third-order valence-corrected chi connectivity index (χ3v) is 6.02. The normalized spacial score (nSPS) is 23.4. The van der Waals surface area contributed by atoms with Crippen molar-refractivity contribution in [2.45, 2.75) is 52.1 Å². The van der Waals surface area contributed by atoms with Crippen LogP contribution in [0.2, 0.25) is 0 Å². The third-order valence-electron chi connectivity index (χ3n) is 6.02. The number of nitrogens with one attached hydrogen (secondary N) is 1. The summed E-state index contributed by atoms with van der Waals surface area (Å²) in [4.78, 5) is 35.6. The number of nitrogens with two attached hydrogens (primary N) is 1. The van der Waals surface area contributed by atoms with E-state index in [9.17, 15) is 9.59 Å². The van der Waals surface area contributed by atoms with Crippen LogP contribution in [0, 0.1) is 18.8 Å². The number of nitrogens with zero attached hydrogens (tertiary/aromatic N) is 3. The van der Waals surface area contributed by atoms with Crippen LogP contribution in [0.15, 0.2) is 30.5 Å². The van der Waals surface area contributed by atoms with Gasteiger partial charge >= 0.3 is 0 Å². The summed E-state index contributed by atoms with van der Waals surface area (Å²) in [6.45, 7) is 5.97. The molecule has 3 N–H and O–H groups in total. The van der Waals surface area contributed by atoms with E-state index in [1.54, 1.807) is 18.3 Å². The fourth-order valence-corrected chi connectivity index (χ4v) is 4.47. The Morgan fingerprint density at radius 1 is 1.28 bits per heavy atom. The van der Waals surface area contributed by atoms with Gasteiger partial charge in [0.1, 0.15) is 0 Å². The lowest BCUT2D eigenvalue weighted by atomic mass is 9.79. The van der Waals surface area contributed by atoms with Crippen LogP contribution in [0.5, 0.6) is 0 Å². The molecule has 0 spiro atoms. The molecule has 3 atom stereocenters. The first-order chi connectivity index (χ1) is 13.9. The zero-order valence-electron chi connectivity index (χ0n) is 17.1. The fourth-order valence-electron chi connectivity index (χ4n) is 4.47. The first-order valence-electron chi connectivity index (χ1n) is 10.2. The minimum absolute atomic E-state index is 0.104. The van der Waals surface area contributed by atoms with E-state index in [0.29, 0.717) is 23.9 Å². The quantitative estimate of drug-likeness (QED) is 0.812. The van der Waals surface area contributed by atoms with E-state index in [1.165, 1.54) is 0 Å². The van der Waals surface area contributed by atoms with Gasteiger partial charge in [0.15, 0.2) is 0 Å². The van der Waals surface area contributed by atoms with Crippen LogP contribution in [0.25, 0.3) is 0 Å². The minimum atomic E-state index is -0.483. The average Bonchev–Trinajstić information content (AvgIpc) is 3.53. The Kier molecular flexibility index (Phi) is 4.98. The third kappa shape index (κ3) is 3.57. The van der Waals surface area contributed by atoms with Gasteiger partial charge in [-0.1, -0.05) is 13.8 Å². The molecular weight excluding hydrogens is 366 g/mol. The van der Waals surface area contributed by atoms with Crippen molar-refractivity contribution in [3.63, 3.8) is 0 Å². The number of fused-ring (bicyclic) bond motifs is 1.